The number of para-hydroxylation sites is 1. The number of amides is 3. The van der Waals surface area contributed by atoms with Crippen LogP contribution in [0.5, 0.6) is 0 Å². The molecular formula is C20H19F2N3O3S. The molecule has 152 valence electrons. The molecule has 0 saturated heterocycles. The maximum Gasteiger partial charge on any atom is 0.243 e. The van der Waals surface area contributed by atoms with Crippen molar-refractivity contribution in [1.29, 1.82) is 0 Å². The van der Waals surface area contributed by atoms with Crippen LogP contribution in [0, 0.1) is 11.6 Å². The largest absolute Gasteiger partial charge is 0.347 e. The topological polar surface area (TPSA) is 78.5 Å². The number of hydrogen-bond donors (Lipinski definition) is 2. The number of rotatable bonds is 6. The summed E-state index contributed by atoms with van der Waals surface area (Å²) in [4.78, 5) is 39.0. The second-order valence-corrected chi connectivity index (χ2v) is 7.45. The van der Waals surface area contributed by atoms with Gasteiger partial charge in [-0.25, -0.2) is 8.78 Å². The van der Waals surface area contributed by atoms with Gasteiger partial charge in [0.25, 0.3) is 0 Å². The lowest BCUT2D eigenvalue weighted by atomic mass is 10.2. The number of nitrogens with zero attached hydrogens (tertiary/aromatic N) is 1. The number of hydrogen-bond acceptors (Lipinski definition) is 4. The number of fused-ring (bicyclic) bond motifs is 1. The van der Waals surface area contributed by atoms with Crippen LogP contribution in [0.15, 0.2) is 47.4 Å². The van der Waals surface area contributed by atoms with Crippen molar-refractivity contribution < 1.29 is 23.2 Å². The van der Waals surface area contributed by atoms with Gasteiger partial charge in [0.05, 0.1) is 12.2 Å². The Morgan fingerprint density at radius 1 is 1.00 bits per heavy atom. The SMILES string of the molecule is O=C(CCC(=O)N1CCSc2ccccc21)NCC(=O)Nc1ccc(F)c(F)c1. The fraction of sp³-hybridized carbons (Fsp3) is 0.250. The van der Waals surface area contributed by atoms with E-state index < -0.39 is 23.4 Å². The Kier molecular flexibility index (Phi) is 6.82. The predicted octanol–water partition coefficient (Wildman–Crippen LogP) is 2.94. The van der Waals surface area contributed by atoms with Crippen molar-refractivity contribution in [3.8, 4) is 0 Å². The molecule has 0 atom stereocenters. The maximum absolute atomic E-state index is 13.1. The van der Waals surface area contributed by atoms with Gasteiger partial charge in [0.15, 0.2) is 11.6 Å². The van der Waals surface area contributed by atoms with Crippen LogP contribution in [0.25, 0.3) is 0 Å². The van der Waals surface area contributed by atoms with Crippen molar-refractivity contribution in [2.45, 2.75) is 17.7 Å². The van der Waals surface area contributed by atoms with E-state index in [0.717, 1.165) is 28.5 Å². The second-order valence-electron chi connectivity index (χ2n) is 6.32. The van der Waals surface area contributed by atoms with Crippen LogP contribution < -0.4 is 15.5 Å². The van der Waals surface area contributed by atoms with Crippen molar-refractivity contribution in [2.24, 2.45) is 0 Å². The van der Waals surface area contributed by atoms with E-state index in [1.165, 1.54) is 6.07 Å². The average molecular weight is 419 g/mol. The molecule has 0 aliphatic carbocycles. The molecule has 2 aromatic carbocycles. The summed E-state index contributed by atoms with van der Waals surface area (Å²) in [7, 11) is 0. The van der Waals surface area contributed by atoms with E-state index in [9.17, 15) is 23.2 Å². The number of anilines is 2. The zero-order chi connectivity index (χ0) is 20.8. The van der Waals surface area contributed by atoms with Crippen molar-refractivity contribution in [2.75, 3.05) is 29.1 Å². The Morgan fingerprint density at radius 2 is 1.79 bits per heavy atom. The summed E-state index contributed by atoms with van der Waals surface area (Å²) in [6.07, 6.45) is -0.0290. The third-order valence-corrected chi connectivity index (χ3v) is 5.29. The van der Waals surface area contributed by atoms with Gasteiger partial charge in [-0.2, -0.15) is 0 Å². The van der Waals surface area contributed by atoms with E-state index in [2.05, 4.69) is 10.6 Å². The monoisotopic (exact) mass is 419 g/mol. The van der Waals surface area contributed by atoms with Gasteiger partial charge >= 0.3 is 0 Å². The minimum atomic E-state index is -1.08. The van der Waals surface area contributed by atoms with Gasteiger partial charge in [-0.05, 0) is 24.3 Å². The van der Waals surface area contributed by atoms with Crippen LogP contribution in [-0.4, -0.2) is 36.6 Å². The predicted molar refractivity (Wildman–Crippen MR) is 107 cm³/mol. The summed E-state index contributed by atoms with van der Waals surface area (Å²) in [6, 6.07) is 10.6. The van der Waals surface area contributed by atoms with Gasteiger partial charge in [0.2, 0.25) is 17.7 Å². The molecule has 0 spiro atoms. The highest BCUT2D eigenvalue weighted by molar-refractivity contribution is 7.99. The minimum absolute atomic E-state index is 0.0234. The number of benzene rings is 2. The van der Waals surface area contributed by atoms with E-state index in [-0.39, 0.29) is 31.0 Å². The highest BCUT2D eigenvalue weighted by Crippen LogP contribution is 2.34. The molecule has 3 amide bonds. The first-order chi connectivity index (χ1) is 13.9. The van der Waals surface area contributed by atoms with Crippen molar-refractivity contribution in [1.82, 2.24) is 5.32 Å². The fourth-order valence-electron chi connectivity index (χ4n) is 2.83. The van der Waals surface area contributed by atoms with Gasteiger partial charge in [-0.15, -0.1) is 11.8 Å². The third kappa shape index (κ3) is 5.54. The number of carbonyl (C=O) groups excluding carboxylic acids is 3. The zero-order valence-electron chi connectivity index (χ0n) is 15.4. The van der Waals surface area contributed by atoms with E-state index in [4.69, 9.17) is 0 Å². The zero-order valence-corrected chi connectivity index (χ0v) is 16.2. The average Bonchev–Trinajstić information content (AvgIpc) is 2.72. The fourth-order valence-corrected chi connectivity index (χ4v) is 3.83. The molecule has 3 rings (SSSR count). The Morgan fingerprint density at radius 3 is 2.59 bits per heavy atom. The molecule has 0 fully saturated rings. The summed E-state index contributed by atoms with van der Waals surface area (Å²) in [5.41, 5.74) is 0.931. The number of thioether (sulfide) groups is 1. The lowest BCUT2D eigenvalue weighted by Gasteiger charge is -2.29. The molecule has 2 aromatic rings. The maximum atomic E-state index is 13.1. The van der Waals surface area contributed by atoms with E-state index in [1.54, 1.807) is 16.7 Å². The third-order valence-electron chi connectivity index (χ3n) is 4.24. The lowest BCUT2D eigenvalue weighted by molar-refractivity contribution is -0.126. The molecule has 1 heterocycles. The molecule has 0 aromatic heterocycles. The van der Waals surface area contributed by atoms with E-state index >= 15 is 0 Å². The molecule has 0 radical (unpaired) electrons. The first kappa shape index (κ1) is 20.8. The minimum Gasteiger partial charge on any atom is -0.347 e. The van der Waals surface area contributed by atoms with Crippen molar-refractivity contribution >= 4 is 40.9 Å². The van der Waals surface area contributed by atoms with Crippen LogP contribution in [0.4, 0.5) is 20.2 Å². The van der Waals surface area contributed by atoms with Crippen LogP contribution in [0.3, 0.4) is 0 Å². The highest BCUT2D eigenvalue weighted by atomic mass is 32.2. The quantitative estimate of drug-likeness (QED) is 0.755. The molecule has 1 aliphatic rings. The number of carbonyl (C=O) groups is 3. The lowest BCUT2D eigenvalue weighted by Crippen LogP contribution is -2.37. The van der Waals surface area contributed by atoms with Gasteiger partial charge in [-0.1, -0.05) is 12.1 Å². The summed E-state index contributed by atoms with van der Waals surface area (Å²) in [5, 5.41) is 4.77. The van der Waals surface area contributed by atoms with Crippen LogP contribution in [0.1, 0.15) is 12.8 Å². The molecule has 2 N–H and O–H groups in total. The summed E-state index contributed by atoms with van der Waals surface area (Å²) in [6.45, 7) is 0.244. The first-order valence-corrected chi connectivity index (χ1v) is 9.96. The van der Waals surface area contributed by atoms with Crippen LogP contribution in [-0.2, 0) is 14.4 Å². The van der Waals surface area contributed by atoms with E-state index in [0.29, 0.717) is 6.54 Å². The molecule has 0 bridgehead atoms. The summed E-state index contributed by atoms with van der Waals surface area (Å²) >= 11 is 1.69. The van der Waals surface area contributed by atoms with Crippen LogP contribution >= 0.6 is 11.8 Å². The normalized spacial score (nSPS) is 12.8. The molecule has 29 heavy (non-hydrogen) atoms. The Labute approximate surface area is 170 Å². The van der Waals surface area contributed by atoms with Gasteiger partial charge < -0.3 is 15.5 Å². The number of halogens is 2. The second kappa shape index (κ2) is 9.51. The molecule has 0 saturated carbocycles. The molecule has 0 unspecified atom stereocenters. The van der Waals surface area contributed by atoms with Crippen molar-refractivity contribution in [3.05, 3.63) is 54.1 Å². The van der Waals surface area contributed by atoms with Gasteiger partial charge in [-0.3, -0.25) is 14.4 Å². The van der Waals surface area contributed by atoms with Gasteiger partial charge in [0.1, 0.15) is 0 Å². The summed E-state index contributed by atoms with van der Waals surface area (Å²) < 4.78 is 26.0. The molecule has 9 heteroatoms. The smallest absolute Gasteiger partial charge is 0.243 e. The number of nitrogens with one attached hydrogen (secondary N) is 2. The molecular weight excluding hydrogens is 400 g/mol. The Balaban J connectivity index is 1.43. The summed E-state index contributed by atoms with van der Waals surface area (Å²) in [5.74, 6) is -2.49. The Bertz CT molecular complexity index is 939. The van der Waals surface area contributed by atoms with Crippen LogP contribution in [0.2, 0.25) is 0 Å². The van der Waals surface area contributed by atoms with Gasteiger partial charge in [0, 0.05) is 41.8 Å². The van der Waals surface area contributed by atoms with E-state index in [1.807, 2.05) is 24.3 Å². The highest BCUT2D eigenvalue weighted by Gasteiger charge is 2.22. The standard InChI is InChI=1S/C20H19F2N3O3S/c21-14-6-5-13(11-15(14)22)24-19(27)12-23-18(26)7-8-20(28)25-9-10-29-17-4-2-1-3-16(17)25/h1-6,11H,7-10,12H2,(H,23,26)(H,24,27). The Hall–Kier alpha value is -2.94. The molecule has 1 aliphatic heterocycles. The molecule has 6 nitrogen and oxygen atoms in total. The first-order valence-electron chi connectivity index (χ1n) is 8.98. The van der Waals surface area contributed by atoms with Crippen molar-refractivity contribution in [3.63, 3.8) is 0 Å².